The summed E-state index contributed by atoms with van der Waals surface area (Å²) in [4.78, 5) is 13.3. The largest absolute Gasteiger partial charge is 0.465 e. The lowest BCUT2D eigenvalue weighted by atomic mass is 10.2. The van der Waals surface area contributed by atoms with Gasteiger partial charge in [0.25, 0.3) is 0 Å². The van der Waals surface area contributed by atoms with Gasteiger partial charge in [0.2, 0.25) is 0 Å². The minimum Gasteiger partial charge on any atom is -0.465 e. The van der Waals surface area contributed by atoms with Crippen molar-refractivity contribution in [2.45, 2.75) is 39.7 Å². The highest BCUT2D eigenvalue weighted by atomic mass is 16.5. The summed E-state index contributed by atoms with van der Waals surface area (Å²) >= 11 is 0. The van der Waals surface area contributed by atoms with Crippen LogP contribution in [0.1, 0.15) is 33.6 Å². The van der Waals surface area contributed by atoms with Crippen molar-refractivity contribution in [1.82, 2.24) is 4.90 Å². The lowest BCUT2D eigenvalue weighted by molar-refractivity contribution is -0.144. The summed E-state index contributed by atoms with van der Waals surface area (Å²) in [6, 6.07) is 0.327. The molecule has 0 aliphatic carbocycles. The van der Waals surface area contributed by atoms with Gasteiger partial charge >= 0.3 is 5.97 Å². The number of rotatable bonds is 8. The fourth-order valence-corrected chi connectivity index (χ4v) is 1.32. The molecule has 0 saturated carbocycles. The van der Waals surface area contributed by atoms with Crippen molar-refractivity contribution < 1.29 is 14.6 Å². The van der Waals surface area contributed by atoms with Crippen LogP contribution < -0.4 is 0 Å². The number of unbranched alkanes of at least 4 members (excludes halogenated alkanes) is 1. The molecule has 0 aromatic heterocycles. The van der Waals surface area contributed by atoms with Crippen LogP contribution in [0.2, 0.25) is 0 Å². The number of hydrogen-bond acceptors (Lipinski definition) is 4. The molecule has 0 amide bonds. The van der Waals surface area contributed by atoms with E-state index in [1.807, 2.05) is 6.92 Å². The highest BCUT2D eigenvalue weighted by Gasteiger charge is 2.13. The van der Waals surface area contributed by atoms with E-state index in [0.717, 1.165) is 19.4 Å². The molecule has 0 rings (SSSR count). The molecule has 90 valence electrons. The summed E-state index contributed by atoms with van der Waals surface area (Å²) in [5.41, 5.74) is 0. The van der Waals surface area contributed by atoms with E-state index in [1.54, 1.807) is 0 Å². The molecule has 0 unspecified atom stereocenters. The number of ether oxygens (including phenoxy) is 1. The Balaban J connectivity index is 3.87. The van der Waals surface area contributed by atoms with E-state index in [-0.39, 0.29) is 12.6 Å². The Labute approximate surface area is 92.2 Å². The molecule has 1 N–H and O–H groups in total. The van der Waals surface area contributed by atoms with Crippen molar-refractivity contribution in [3.8, 4) is 0 Å². The first kappa shape index (κ1) is 14.4. The Hall–Kier alpha value is -0.610. The summed E-state index contributed by atoms with van der Waals surface area (Å²) in [5.74, 6) is -0.171. The summed E-state index contributed by atoms with van der Waals surface area (Å²) in [6.45, 7) is 7.74. The second kappa shape index (κ2) is 8.68. The fourth-order valence-electron chi connectivity index (χ4n) is 1.32. The second-order valence-electron chi connectivity index (χ2n) is 3.80. The quantitative estimate of drug-likeness (QED) is 0.487. The third-order valence-electron chi connectivity index (χ3n) is 2.22. The minimum atomic E-state index is -0.171. The molecule has 0 aliphatic heterocycles. The molecule has 0 aliphatic rings. The monoisotopic (exact) mass is 217 g/mol. The minimum absolute atomic E-state index is 0.171. The van der Waals surface area contributed by atoms with E-state index in [2.05, 4.69) is 18.7 Å². The number of carbonyl (C=O) groups excluding carboxylic acids is 1. The molecule has 15 heavy (non-hydrogen) atoms. The van der Waals surface area contributed by atoms with Crippen LogP contribution in [-0.2, 0) is 9.53 Å². The zero-order valence-electron chi connectivity index (χ0n) is 10.0. The van der Waals surface area contributed by atoms with Gasteiger partial charge in [-0.15, -0.1) is 0 Å². The molecular formula is C11H23NO3. The van der Waals surface area contributed by atoms with Crippen LogP contribution in [0.4, 0.5) is 0 Å². The standard InChI is InChI=1S/C11H23NO3/c1-4-15-11(14)9-12(10(2)3)7-5-6-8-13/h10,13H,4-9H2,1-3H3. The topological polar surface area (TPSA) is 49.8 Å². The van der Waals surface area contributed by atoms with Crippen molar-refractivity contribution in [3.63, 3.8) is 0 Å². The number of carbonyl (C=O) groups is 1. The second-order valence-corrected chi connectivity index (χ2v) is 3.80. The Morgan fingerprint density at radius 1 is 1.40 bits per heavy atom. The number of hydrogen-bond donors (Lipinski definition) is 1. The van der Waals surface area contributed by atoms with Gasteiger partial charge in [0.15, 0.2) is 0 Å². The van der Waals surface area contributed by atoms with Gasteiger partial charge in [-0.3, -0.25) is 9.69 Å². The third kappa shape index (κ3) is 7.33. The maximum atomic E-state index is 11.3. The van der Waals surface area contributed by atoms with Crippen LogP contribution >= 0.6 is 0 Å². The van der Waals surface area contributed by atoms with Gasteiger partial charge in [-0.1, -0.05) is 0 Å². The molecule has 0 saturated heterocycles. The van der Waals surface area contributed by atoms with Crippen molar-refractivity contribution in [2.24, 2.45) is 0 Å². The average Bonchev–Trinajstić information content (AvgIpc) is 2.16. The number of aliphatic hydroxyl groups excluding tert-OH is 1. The van der Waals surface area contributed by atoms with Gasteiger partial charge in [0.05, 0.1) is 13.2 Å². The number of aliphatic hydroxyl groups is 1. The maximum Gasteiger partial charge on any atom is 0.320 e. The molecular weight excluding hydrogens is 194 g/mol. The zero-order valence-corrected chi connectivity index (χ0v) is 10.0. The first-order valence-corrected chi connectivity index (χ1v) is 5.62. The summed E-state index contributed by atoms with van der Waals surface area (Å²) in [6.07, 6.45) is 1.69. The van der Waals surface area contributed by atoms with Crippen LogP contribution in [0.3, 0.4) is 0 Å². The predicted molar refractivity (Wildman–Crippen MR) is 59.7 cm³/mol. The molecule has 0 fully saturated rings. The van der Waals surface area contributed by atoms with Crippen molar-refractivity contribution in [2.75, 3.05) is 26.3 Å². The van der Waals surface area contributed by atoms with Crippen molar-refractivity contribution in [1.29, 1.82) is 0 Å². The van der Waals surface area contributed by atoms with Gasteiger partial charge in [-0.05, 0) is 40.2 Å². The average molecular weight is 217 g/mol. The van der Waals surface area contributed by atoms with Crippen LogP contribution in [0.25, 0.3) is 0 Å². The summed E-state index contributed by atoms with van der Waals surface area (Å²) < 4.78 is 4.90. The molecule has 0 spiro atoms. The Morgan fingerprint density at radius 3 is 2.53 bits per heavy atom. The molecule has 0 heterocycles. The first-order valence-electron chi connectivity index (χ1n) is 5.62. The first-order chi connectivity index (χ1) is 7.11. The molecule has 4 nitrogen and oxygen atoms in total. The fraction of sp³-hybridized carbons (Fsp3) is 0.909. The summed E-state index contributed by atoms with van der Waals surface area (Å²) in [5, 5.41) is 8.67. The SMILES string of the molecule is CCOC(=O)CN(CCCCO)C(C)C. The zero-order chi connectivity index (χ0) is 11.7. The van der Waals surface area contributed by atoms with Crippen LogP contribution in [-0.4, -0.2) is 48.3 Å². The molecule has 0 aromatic carbocycles. The van der Waals surface area contributed by atoms with Crippen LogP contribution in [0.15, 0.2) is 0 Å². The van der Waals surface area contributed by atoms with E-state index in [9.17, 15) is 4.79 Å². The Kier molecular flexibility index (Phi) is 8.33. The Bertz CT molecular complexity index is 171. The van der Waals surface area contributed by atoms with E-state index in [4.69, 9.17) is 9.84 Å². The van der Waals surface area contributed by atoms with Crippen molar-refractivity contribution >= 4 is 5.97 Å². The van der Waals surface area contributed by atoms with Gasteiger partial charge in [0.1, 0.15) is 0 Å². The maximum absolute atomic E-state index is 11.3. The smallest absolute Gasteiger partial charge is 0.320 e. The summed E-state index contributed by atoms with van der Waals surface area (Å²) in [7, 11) is 0. The third-order valence-corrected chi connectivity index (χ3v) is 2.22. The molecule has 0 atom stereocenters. The van der Waals surface area contributed by atoms with Crippen LogP contribution in [0.5, 0.6) is 0 Å². The van der Waals surface area contributed by atoms with E-state index < -0.39 is 0 Å². The molecule has 0 bridgehead atoms. The lowest BCUT2D eigenvalue weighted by Gasteiger charge is -2.25. The lowest BCUT2D eigenvalue weighted by Crippen LogP contribution is -2.37. The normalized spacial score (nSPS) is 11.1. The number of esters is 1. The van der Waals surface area contributed by atoms with Gasteiger partial charge in [0, 0.05) is 12.6 Å². The van der Waals surface area contributed by atoms with Crippen molar-refractivity contribution in [3.05, 3.63) is 0 Å². The van der Waals surface area contributed by atoms with Gasteiger partial charge in [-0.2, -0.15) is 0 Å². The molecule has 0 radical (unpaired) electrons. The highest BCUT2D eigenvalue weighted by molar-refractivity contribution is 5.71. The highest BCUT2D eigenvalue weighted by Crippen LogP contribution is 2.01. The predicted octanol–water partition coefficient (Wildman–Crippen LogP) is 1.03. The van der Waals surface area contributed by atoms with Gasteiger partial charge < -0.3 is 9.84 Å². The van der Waals surface area contributed by atoms with E-state index in [1.165, 1.54) is 0 Å². The van der Waals surface area contributed by atoms with E-state index in [0.29, 0.717) is 19.2 Å². The molecule has 0 aromatic rings. The Morgan fingerprint density at radius 2 is 2.07 bits per heavy atom. The van der Waals surface area contributed by atoms with Crippen LogP contribution in [0, 0.1) is 0 Å². The van der Waals surface area contributed by atoms with E-state index >= 15 is 0 Å². The number of nitrogens with zero attached hydrogens (tertiary/aromatic N) is 1. The molecule has 4 heteroatoms. The van der Waals surface area contributed by atoms with Gasteiger partial charge in [-0.25, -0.2) is 0 Å².